The third kappa shape index (κ3) is 6.82. The lowest BCUT2D eigenvalue weighted by Crippen LogP contribution is -2.48. The highest BCUT2D eigenvalue weighted by molar-refractivity contribution is 5.85. The van der Waals surface area contributed by atoms with Crippen molar-refractivity contribution in [1.82, 2.24) is 10.9 Å². The molecule has 2 aromatic rings. The number of carbonyl (C=O) groups is 2. The van der Waals surface area contributed by atoms with Crippen LogP contribution in [0.3, 0.4) is 0 Å². The van der Waals surface area contributed by atoms with Crippen molar-refractivity contribution in [3.63, 3.8) is 0 Å². The summed E-state index contributed by atoms with van der Waals surface area (Å²) in [5.41, 5.74) is 8.00. The maximum atomic E-state index is 12.1. The first-order valence-corrected chi connectivity index (χ1v) is 9.87. The van der Waals surface area contributed by atoms with Gasteiger partial charge in [-0.15, -0.1) is 0 Å². The molecule has 0 aliphatic rings. The Morgan fingerprint density at radius 3 is 2.31 bits per heavy atom. The van der Waals surface area contributed by atoms with Gasteiger partial charge >= 0.3 is 0 Å². The Balaban J connectivity index is 1.81. The van der Waals surface area contributed by atoms with Crippen molar-refractivity contribution in [2.45, 2.75) is 53.1 Å². The molecule has 0 bridgehead atoms. The van der Waals surface area contributed by atoms with Crippen molar-refractivity contribution in [1.29, 1.82) is 0 Å². The second kappa shape index (κ2) is 10.5. The predicted octanol–water partition coefficient (Wildman–Crippen LogP) is 3.67. The summed E-state index contributed by atoms with van der Waals surface area (Å²) in [6.45, 7) is 9.59. The molecule has 0 aliphatic heterocycles. The van der Waals surface area contributed by atoms with Gasteiger partial charge in [-0.3, -0.25) is 20.4 Å². The van der Waals surface area contributed by atoms with Gasteiger partial charge in [0, 0.05) is 0 Å². The van der Waals surface area contributed by atoms with E-state index in [2.05, 4.69) is 31.6 Å². The van der Waals surface area contributed by atoms with E-state index in [9.17, 15) is 9.59 Å². The number of benzene rings is 2. The van der Waals surface area contributed by atoms with Gasteiger partial charge in [-0.2, -0.15) is 0 Å². The standard InChI is InChI=1S/C23H30N2O4/c1-6-18-8-10-19(11-9-18)29-17(5)23(27)25-24-22(26)14-28-21-13-16(4)7-12-20(21)15(2)3/h7-13,15,17H,6,14H2,1-5H3,(H,24,26)(H,25,27). The molecule has 2 N–H and O–H groups in total. The topological polar surface area (TPSA) is 76.7 Å². The molecular formula is C23H30N2O4. The number of amides is 2. The van der Waals surface area contributed by atoms with Crippen LogP contribution >= 0.6 is 0 Å². The SMILES string of the molecule is CCc1ccc(OC(C)C(=O)NNC(=O)COc2cc(C)ccc2C(C)C)cc1. The Hall–Kier alpha value is -3.02. The van der Waals surface area contributed by atoms with Crippen LogP contribution < -0.4 is 20.3 Å². The summed E-state index contributed by atoms with van der Waals surface area (Å²) in [4.78, 5) is 24.2. The van der Waals surface area contributed by atoms with E-state index in [1.807, 2.05) is 49.4 Å². The Morgan fingerprint density at radius 2 is 1.69 bits per heavy atom. The molecule has 1 atom stereocenters. The lowest BCUT2D eigenvalue weighted by molar-refractivity contribution is -0.133. The van der Waals surface area contributed by atoms with Gasteiger partial charge in [-0.1, -0.05) is 45.0 Å². The lowest BCUT2D eigenvalue weighted by atomic mass is 10.0. The normalized spacial score (nSPS) is 11.7. The van der Waals surface area contributed by atoms with Crippen LogP contribution in [0.4, 0.5) is 0 Å². The molecule has 2 rings (SSSR count). The smallest absolute Gasteiger partial charge is 0.279 e. The molecule has 0 saturated heterocycles. The van der Waals surface area contributed by atoms with Gasteiger partial charge in [-0.25, -0.2) is 0 Å². The zero-order valence-corrected chi connectivity index (χ0v) is 17.7. The largest absolute Gasteiger partial charge is 0.483 e. The van der Waals surface area contributed by atoms with E-state index in [1.165, 1.54) is 5.56 Å². The molecule has 0 aliphatic carbocycles. The molecule has 6 nitrogen and oxygen atoms in total. The molecule has 2 aromatic carbocycles. The summed E-state index contributed by atoms with van der Waals surface area (Å²) in [7, 11) is 0. The Kier molecular flexibility index (Phi) is 8.07. The molecule has 0 saturated carbocycles. The fraction of sp³-hybridized carbons (Fsp3) is 0.391. The monoisotopic (exact) mass is 398 g/mol. The van der Waals surface area contributed by atoms with Crippen molar-refractivity contribution in [2.75, 3.05) is 6.61 Å². The van der Waals surface area contributed by atoms with Crippen molar-refractivity contribution in [3.05, 3.63) is 59.2 Å². The van der Waals surface area contributed by atoms with Crippen LogP contribution in [0.25, 0.3) is 0 Å². The minimum Gasteiger partial charge on any atom is -0.483 e. The molecule has 0 fully saturated rings. The number of hydrogen-bond acceptors (Lipinski definition) is 4. The van der Waals surface area contributed by atoms with Gasteiger partial charge in [-0.05, 0) is 61.1 Å². The fourth-order valence-electron chi connectivity index (χ4n) is 2.72. The first-order valence-electron chi connectivity index (χ1n) is 9.87. The number of rotatable bonds is 8. The average Bonchev–Trinajstić information content (AvgIpc) is 2.70. The van der Waals surface area contributed by atoms with Crippen LogP contribution in [0, 0.1) is 6.92 Å². The molecular weight excluding hydrogens is 368 g/mol. The number of hydrazine groups is 1. The van der Waals surface area contributed by atoms with E-state index in [4.69, 9.17) is 9.47 Å². The van der Waals surface area contributed by atoms with Gasteiger partial charge in [0.2, 0.25) is 0 Å². The van der Waals surface area contributed by atoms with E-state index in [1.54, 1.807) is 6.92 Å². The third-order valence-corrected chi connectivity index (χ3v) is 4.49. The second-order valence-electron chi connectivity index (χ2n) is 7.28. The van der Waals surface area contributed by atoms with Crippen LogP contribution in [0.1, 0.15) is 50.3 Å². The minimum atomic E-state index is -0.756. The highest BCUT2D eigenvalue weighted by Crippen LogP contribution is 2.27. The number of nitrogens with one attached hydrogen (secondary N) is 2. The third-order valence-electron chi connectivity index (χ3n) is 4.49. The minimum absolute atomic E-state index is 0.197. The van der Waals surface area contributed by atoms with Crippen LogP contribution in [-0.2, 0) is 16.0 Å². The van der Waals surface area contributed by atoms with E-state index >= 15 is 0 Å². The molecule has 29 heavy (non-hydrogen) atoms. The first-order chi connectivity index (χ1) is 13.8. The van der Waals surface area contributed by atoms with Gasteiger partial charge in [0.05, 0.1) is 0 Å². The Labute approximate surface area is 172 Å². The van der Waals surface area contributed by atoms with Crippen LogP contribution in [0.5, 0.6) is 11.5 Å². The maximum absolute atomic E-state index is 12.1. The molecule has 0 radical (unpaired) electrons. The van der Waals surface area contributed by atoms with Gasteiger partial charge in [0.15, 0.2) is 12.7 Å². The van der Waals surface area contributed by atoms with Gasteiger partial charge in [0.1, 0.15) is 11.5 Å². The van der Waals surface area contributed by atoms with Crippen LogP contribution in [-0.4, -0.2) is 24.5 Å². The molecule has 2 amide bonds. The quantitative estimate of drug-likeness (QED) is 0.665. The molecule has 6 heteroatoms. The van der Waals surface area contributed by atoms with Gasteiger partial charge < -0.3 is 9.47 Å². The Bertz CT molecular complexity index is 831. The van der Waals surface area contributed by atoms with Crippen molar-refractivity contribution >= 4 is 11.8 Å². The number of hydrogen-bond donors (Lipinski definition) is 2. The summed E-state index contributed by atoms with van der Waals surface area (Å²) in [6, 6.07) is 13.5. The second-order valence-corrected chi connectivity index (χ2v) is 7.28. The maximum Gasteiger partial charge on any atom is 0.279 e. The van der Waals surface area contributed by atoms with Crippen molar-refractivity contribution < 1.29 is 19.1 Å². The highest BCUT2D eigenvalue weighted by atomic mass is 16.5. The summed E-state index contributed by atoms with van der Waals surface area (Å²) >= 11 is 0. The van der Waals surface area contributed by atoms with E-state index < -0.39 is 17.9 Å². The molecule has 0 aromatic heterocycles. The van der Waals surface area contributed by atoms with Gasteiger partial charge in [0.25, 0.3) is 11.8 Å². The Morgan fingerprint density at radius 1 is 1.00 bits per heavy atom. The zero-order valence-electron chi connectivity index (χ0n) is 17.7. The number of carbonyl (C=O) groups excluding carboxylic acids is 2. The highest BCUT2D eigenvalue weighted by Gasteiger charge is 2.16. The molecule has 0 spiro atoms. The first kappa shape index (κ1) is 22.3. The summed E-state index contributed by atoms with van der Waals surface area (Å²) in [6.07, 6.45) is 0.180. The van der Waals surface area contributed by atoms with Crippen molar-refractivity contribution in [3.8, 4) is 11.5 Å². The zero-order chi connectivity index (χ0) is 21.4. The molecule has 1 unspecified atom stereocenters. The molecule has 0 heterocycles. The summed E-state index contributed by atoms with van der Waals surface area (Å²) in [5, 5.41) is 0. The summed E-state index contributed by atoms with van der Waals surface area (Å²) < 4.78 is 11.3. The van der Waals surface area contributed by atoms with Crippen molar-refractivity contribution in [2.24, 2.45) is 0 Å². The predicted molar refractivity (Wildman–Crippen MR) is 113 cm³/mol. The average molecular weight is 399 g/mol. The van der Waals surface area contributed by atoms with Crippen LogP contribution in [0.2, 0.25) is 0 Å². The lowest BCUT2D eigenvalue weighted by Gasteiger charge is -2.16. The van der Waals surface area contributed by atoms with E-state index in [-0.39, 0.29) is 12.5 Å². The molecule has 156 valence electrons. The van der Waals surface area contributed by atoms with Crippen LogP contribution in [0.15, 0.2) is 42.5 Å². The fourth-order valence-corrected chi connectivity index (χ4v) is 2.72. The summed E-state index contributed by atoms with van der Waals surface area (Å²) in [5.74, 6) is 0.650. The van der Waals surface area contributed by atoms with E-state index in [0.29, 0.717) is 11.5 Å². The van der Waals surface area contributed by atoms with E-state index in [0.717, 1.165) is 17.5 Å². The number of ether oxygens (including phenoxy) is 2. The number of aryl methyl sites for hydroxylation is 2.